The van der Waals surface area contributed by atoms with Crippen molar-refractivity contribution in [1.82, 2.24) is 0 Å². The SMILES string of the molecule is CC(C)(C)c1ccc2sc3c(c2c1)N(c1ccc2c(c1)C(C)(C)CCC2(C)C)c1cc(N(c2ccc4c(c2)C(C)(C)CCC4(C)C)c2ccc4c(c2)C(C)(C)CCC4(C)C)cc2c1B3c1cc3c(cc1N2c1ccc2c(c1)C(C)(C)CCC2(C)C)C(C)(C)CCC3(C)C. The van der Waals surface area contributed by atoms with Gasteiger partial charge < -0.3 is 14.7 Å². The summed E-state index contributed by atoms with van der Waals surface area (Å²) < 4.78 is 2.81. The van der Waals surface area contributed by atoms with Crippen LogP contribution in [-0.4, -0.2) is 6.71 Å². The van der Waals surface area contributed by atoms with E-state index < -0.39 is 0 Å². The van der Waals surface area contributed by atoms with Crippen LogP contribution in [0.2, 0.25) is 0 Å². The lowest BCUT2D eigenvalue weighted by molar-refractivity contribution is 0.332. The standard InChI is InChI=1S/C88H108BN3S/c1-78(2,3)53-24-33-74-59(44-53)76-77(93-74)89-70-51-68-69(88(22,23)43-42-87(68,20)21)52-71(70)91(56-27-31-62-66(47-56)85(16,17)40-36-81(62,8)9)72-49-58(50-73(75(72)89)92(76)57-28-32-63-67(48-57)86(18,19)41-37-82(63,10)11)90(54-25-29-60-64(45-54)83(12,13)38-34-79(60,4)5)55-26-30-61-65(46-55)84(14,15)39-35-80(61,6)7/h24-33,44-52H,34-43H2,1-23H3. The first-order valence-corrected chi connectivity index (χ1v) is 36.9. The van der Waals surface area contributed by atoms with Crippen molar-refractivity contribution in [2.45, 2.75) is 283 Å². The molecular weight excluding hydrogens is 1140 g/mol. The molecule has 0 saturated carbocycles. The Morgan fingerprint density at radius 1 is 0.344 bits per heavy atom. The number of rotatable bonds is 5. The summed E-state index contributed by atoms with van der Waals surface area (Å²) in [5, 5.41) is 1.36. The molecule has 3 heterocycles. The van der Waals surface area contributed by atoms with Crippen molar-refractivity contribution in [2.75, 3.05) is 14.7 Å². The molecular formula is C88H108BN3S. The van der Waals surface area contributed by atoms with Crippen LogP contribution in [0.3, 0.4) is 0 Å². The molecule has 0 bridgehead atoms. The van der Waals surface area contributed by atoms with Crippen LogP contribution in [0.1, 0.15) is 285 Å². The Labute approximate surface area is 565 Å². The second-order valence-electron chi connectivity index (χ2n) is 38.3. The van der Waals surface area contributed by atoms with Gasteiger partial charge in [-0.1, -0.05) is 196 Å². The van der Waals surface area contributed by atoms with Gasteiger partial charge in [-0.05, 0) is 275 Å². The molecule has 0 atom stereocenters. The van der Waals surface area contributed by atoms with Crippen LogP contribution in [0.4, 0.5) is 51.2 Å². The summed E-state index contributed by atoms with van der Waals surface area (Å²) in [6.45, 7) is 57.2. The van der Waals surface area contributed by atoms with Crippen LogP contribution < -0.4 is 30.4 Å². The first kappa shape index (κ1) is 63.0. The Balaban J connectivity index is 1.13. The predicted octanol–water partition coefficient (Wildman–Crippen LogP) is 23.5. The van der Waals surface area contributed by atoms with Crippen molar-refractivity contribution in [3.63, 3.8) is 0 Å². The largest absolute Gasteiger partial charge is 0.311 e. The zero-order chi connectivity index (χ0) is 66.5. The molecule has 8 aromatic rings. The van der Waals surface area contributed by atoms with Crippen LogP contribution in [0.25, 0.3) is 10.1 Å². The minimum absolute atomic E-state index is 0.00396. The Morgan fingerprint density at radius 3 is 1.12 bits per heavy atom. The monoisotopic (exact) mass is 1250 g/mol. The van der Waals surface area contributed by atoms with Crippen LogP contribution in [0.15, 0.2) is 115 Å². The maximum absolute atomic E-state index is 2.82. The Hall–Kier alpha value is -6.04. The highest BCUT2D eigenvalue weighted by molar-refractivity contribution is 7.33. The van der Waals surface area contributed by atoms with Crippen molar-refractivity contribution in [2.24, 2.45) is 0 Å². The maximum Gasteiger partial charge on any atom is 0.264 e. The molecule has 2 aliphatic heterocycles. The Kier molecular flexibility index (Phi) is 13.4. The number of anilines is 9. The van der Waals surface area contributed by atoms with Gasteiger partial charge in [-0.2, -0.15) is 0 Å². The van der Waals surface area contributed by atoms with Gasteiger partial charge in [0.1, 0.15) is 0 Å². The number of nitrogens with zero attached hydrogens (tertiary/aromatic N) is 3. The van der Waals surface area contributed by atoms with Gasteiger partial charge in [0.15, 0.2) is 0 Å². The van der Waals surface area contributed by atoms with E-state index in [0.29, 0.717) is 0 Å². The average Bonchev–Trinajstić information content (AvgIpc) is 1.68. The molecule has 0 radical (unpaired) electrons. The normalized spacial score (nSPS) is 22.1. The number of fused-ring (bicyclic) bond motifs is 11. The molecule has 0 unspecified atom stereocenters. The van der Waals surface area contributed by atoms with Crippen molar-refractivity contribution in [3.05, 3.63) is 176 Å². The van der Waals surface area contributed by atoms with Crippen molar-refractivity contribution < 1.29 is 0 Å². The lowest BCUT2D eigenvalue weighted by Gasteiger charge is -2.48. The van der Waals surface area contributed by atoms with Gasteiger partial charge in [0.25, 0.3) is 6.71 Å². The summed E-state index contributed by atoms with van der Waals surface area (Å²) in [4.78, 5) is 8.35. The molecule has 15 rings (SSSR count). The molecule has 0 spiro atoms. The summed E-state index contributed by atoms with van der Waals surface area (Å²) in [6.07, 6.45) is 11.6. The number of hydrogen-bond donors (Lipinski definition) is 0. The fraction of sp³-hybridized carbons (Fsp3) is 0.500. The third kappa shape index (κ3) is 9.55. The Bertz CT molecular complexity index is 4400. The summed E-state index contributed by atoms with van der Waals surface area (Å²) in [7, 11) is 0. The molecule has 0 fully saturated rings. The van der Waals surface area contributed by atoms with E-state index in [-0.39, 0.29) is 66.3 Å². The van der Waals surface area contributed by atoms with E-state index in [2.05, 4.69) is 301 Å². The quantitative estimate of drug-likeness (QED) is 0.159. The number of hydrogen-bond acceptors (Lipinski definition) is 4. The molecule has 7 aliphatic rings. The fourth-order valence-electron chi connectivity index (χ4n) is 19.0. The molecule has 0 N–H and O–H groups in total. The molecule has 93 heavy (non-hydrogen) atoms. The van der Waals surface area contributed by atoms with Crippen molar-refractivity contribution in [3.8, 4) is 0 Å². The van der Waals surface area contributed by atoms with E-state index in [1.54, 1.807) is 0 Å². The third-order valence-electron chi connectivity index (χ3n) is 26.1. The number of benzene rings is 7. The van der Waals surface area contributed by atoms with E-state index in [1.807, 2.05) is 0 Å². The average molecular weight is 1250 g/mol. The summed E-state index contributed by atoms with van der Waals surface area (Å²) in [5.41, 5.74) is 30.9. The first-order valence-electron chi connectivity index (χ1n) is 36.1. The predicted molar refractivity (Wildman–Crippen MR) is 406 cm³/mol. The zero-order valence-electron chi connectivity index (χ0n) is 61.4. The van der Waals surface area contributed by atoms with E-state index >= 15 is 0 Å². The molecule has 0 amide bonds. The van der Waals surface area contributed by atoms with Crippen LogP contribution >= 0.6 is 11.3 Å². The second-order valence-corrected chi connectivity index (χ2v) is 39.4. The Morgan fingerprint density at radius 2 is 0.699 bits per heavy atom. The summed E-state index contributed by atoms with van der Waals surface area (Å²) in [5.74, 6) is 0. The van der Waals surface area contributed by atoms with Gasteiger partial charge in [0, 0.05) is 54.7 Å². The van der Waals surface area contributed by atoms with Gasteiger partial charge in [0.2, 0.25) is 0 Å². The van der Waals surface area contributed by atoms with E-state index in [9.17, 15) is 0 Å². The minimum Gasteiger partial charge on any atom is -0.311 e. The van der Waals surface area contributed by atoms with Gasteiger partial charge in [-0.3, -0.25) is 0 Å². The van der Waals surface area contributed by atoms with E-state index in [0.717, 1.165) is 38.5 Å². The minimum atomic E-state index is -0.0476. The van der Waals surface area contributed by atoms with Crippen LogP contribution in [0.5, 0.6) is 0 Å². The first-order chi connectivity index (χ1) is 43.1. The highest BCUT2D eigenvalue weighted by atomic mass is 32.1. The lowest BCUT2D eigenvalue weighted by Crippen LogP contribution is -2.61. The zero-order valence-corrected chi connectivity index (χ0v) is 62.2. The van der Waals surface area contributed by atoms with Gasteiger partial charge in [-0.25, -0.2) is 0 Å². The molecule has 7 aromatic carbocycles. The van der Waals surface area contributed by atoms with E-state index in [4.69, 9.17) is 0 Å². The smallest absolute Gasteiger partial charge is 0.264 e. The van der Waals surface area contributed by atoms with Gasteiger partial charge in [0.05, 0.1) is 11.4 Å². The highest BCUT2D eigenvalue weighted by Crippen LogP contribution is 2.58. The lowest BCUT2D eigenvalue weighted by atomic mass is 9.35. The summed E-state index contributed by atoms with van der Waals surface area (Å²) >= 11 is 2.06. The van der Waals surface area contributed by atoms with Crippen LogP contribution in [-0.2, 0) is 59.6 Å². The van der Waals surface area contributed by atoms with Crippen molar-refractivity contribution in [1.29, 1.82) is 0 Å². The molecule has 1 aromatic heterocycles. The van der Waals surface area contributed by atoms with Crippen LogP contribution in [0, 0.1) is 0 Å². The molecule has 3 nitrogen and oxygen atoms in total. The molecule has 484 valence electrons. The third-order valence-corrected chi connectivity index (χ3v) is 27.3. The fourth-order valence-corrected chi connectivity index (χ4v) is 20.3. The summed E-state index contributed by atoms with van der Waals surface area (Å²) in [6, 6.07) is 49.3. The molecule has 5 aliphatic carbocycles. The van der Waals surface area contributed by atoms with Crippen molar-refractivity contribution >= 4 is 95.0 Å². The maximum atomic E-state index is 2.82. The number of thiophene rings is 1. The second kappa shape index (κ2) is 19.8. The van der Waals surface area contributed by atoms with Gasteiger partial charge in [-0.15, -0.1) is 11.3 Å². The van der Waals surface area contributed by atoms with Gasteiger partial charge >= 0.3 is 0 Å². The molecule has 0 saturated heterocycles. The highest BCUT2D eigenvalue weighted by Gasteiger charge is 2.51. The van der Waals surface area contributed by atoms with E-state index in [1.165, 1.54) is 164 Å². The molecule has 5 heteroatoms. The topological polar surface area (TPSA) is 9.72 Å².